The highest BCUT2D eigenvalue weighted by Crippen LogP contribution is 2.34. The Bertz CT molecular complexity index is 2110. The molecule has 1 aromatic heterocycles. The molecule has 6 amide bonds. The molecule has 0 bridgehead atoms. The second kappa shape index (κ2) is 17.0. The van der Waals surface area contributed by atoms with E-state index in [2.05, 4.69) is 72.1 Å². The molecule has 0 saturated carbocycles. The van der Waals surface area contributed by atoms with Crippen molar-refractivity contribution in [2.24, 2.45) is 11.7 Å². The highest BCUT2D eigenvalue weighted by atomic mass is 16.3. The maximum atomic E-state index is 13.1. The molecule has 2 aromatic carbocycles. The molecule has 4 atom stereocenters. The van der Waals surface area contributed by atoms with Gasteiger partial charge in [-0.3, -0.25) is 9.59 Å². The third-order valence-electron chi connectivity index (χ3n) is 13.5. The number of hydrazine groups is 1. The van der Waals surface area contributed by atoms with E-state index in [4.69, 9.17) is 10.7 Å². The van der Waals surface area contributed by atoms with Crippen molar-refractivity contribution in [2.45, 2.75) is 68.9 Å². The van der Waals surface area contributed by atoms with Gasteiger partial charge >= 0.3 is 12.1 Å². The molecule has 9 rings (SSSR count). The van der Waals surface area contributed by atoms with Crippen LogP contribution in [0.15, 0.2) is 54.7 Å². The number of benzene rings is 2. The van der Waals surface area contributed by atoms with E-state index in [0.29, 0.717) is 36.4 Å². The van der Waals surface area contributed by atoms with Crippen molar-refractivity contribution < 1.29 is 24.3 Å². The molecule has 3 aromatic rings. The van der Waals surface area contributed by atoms with Crippen LogP contribution in [0, 0.1) is 5.92 Å². The number of carbonyl (C=O) groups is 4. The Morgan fingerprint density at radius 2 is 1.61 bits per heavy atom. The van der Waals surface area contributed by atoms with Gasteiger partial charge in [0.2, 0.25) is 5.91 Å². The second-order valence-corrected chi connectivity index (χ2v) is 17.5. The predicted molar refractivity (Wildman–Crippen MR) is 229 cm³/mol. The largest absolute Gasteiger partial charge is 0.372 e. The lowest BCUT2D eigenvalue weighted by Crippen LogP contribution is -2.58. The van der Waals surface area contributed by atoms with E-state index in [0.717, 1.165) is 89.3 Å². The number of urea groups is 2. The second-order valence-electron chi connectivity index (χ2n) is 17.5. The Kier molecular flexibility index (Phi) is 11.3. The van der Waals surface area contributed by atoms with Crippen molar-refractivity contribution in [3.63, 3.8) is 0 Å². The van der Waals surface area contributed by atoms with Gasteiger partial charge < -0.3 is 50.9 Å². The van der Waals surface area contributed by atoms with Crippen LogP contribution in [0.2, 0.25) is 0 Å². The quantitative estimate of drug-likeness (QED) is 0.190. The van der Waals surface area contributed by atoms with Crippen LogP contribution in [0.1, 0.15) is 72.2 Å². The van der Waals surface area contributed by atoms with Gasteiger partial charge in [-0.2, -0.15) is 0 Å². The Hall–Kier alpha value is -5.72. The maximum absolute atomic E-state index is 13.1. The molecule has 6 aliphatic heterocycles. The fourth-order valence-electron chi connectivity index (χ4n) is 9.87. The molecule has 3 unspecified atom stereocenters. The standard InChI is InChI=1S/C43H57N13O5/c1-50-20-21-55(42(50)60)33-4-3-17-54(26-33)35-22-45-37(38(44)58)39(47-35)46-31-9-5-28(6-10-31)30-24-52(25-30)23-27-15-18-53(19-16-27)32-11-7-29(8-12-32)40-49-56(43(61)51(40)2)34-13-14-36(57)48-41(34)59/h5-12,22,27,30,33-34,40-41,49,59H,3-4,13-21,23-26H2,1-2H3,(H2,44,58)(H,46,47)(H,48,57)/t33-,34?,40?,41?/m1/s1. The summed E-state index contributed by atoms with van der Waals surface area (Å²) in [7, 11) is 3.58. The van der Waals surface area contributed by atoms with E-state index in [-0.39, 0.29) is 42.3 Å². The average Bonchev–Trinajstić information content (AvgIpc) is 3.75. The molecular formula is C43H57N13O5. The van der Waals surface area contributed by atoms with Crippen molar-refractivity contribution in [2.75, 3.05) is 88.1 Å². The van der Waals surface area contributed by atoms with E-state index >= 15 is 0 Å². The van der Waals surface area contributed by atoms with E-state index in [1.54, 1.807) is 23.0 Å². The molecular weight excluding hydrogens is 779 g/mol. The van der Waals surface area contributed by atoms with Crippen LogP contribution >= 0.6 is 0 Å². The van der Waals surface area contributed by atoms with Crippen molar-refractivity contribution in [3.05, 3.63) is 71.5 Å². The van der Waals surface area contributed by atoms with Crippen molar-refractivity contribution >= 4 is 46.9 Å². The number of piperidine rings is 3. The number of hydrogen-bond acceptors (Lipinski definition) is 12. The zero-order valence-electron chi connectivity index (χ0n) is 34.9. The summed E-state index contributed by atoms with van der Waals surface area (Å²) in [6.45, 7) is 8.06. The van der Waals surface area contributed by atoms with E-state index in [1.165, 1.54) is 16.3 Å². The number of aliphatic hydroxyl groups is 1. The highest BCUT2D eigenvalue weighted by molar-refractivity contribution is 5.96. The summed E-state index contributed by atoms with van der Waals surface area (Å²) in [6, 6.07) is 16.1. The van der Waals surface area contributed by atoms with Crippen LogP contribution in [0.5, 0.6) is 0 Å². The predicted octanol–water partition coefficient (Wildman–Crippen LogP) is 2.44. The highest BCUT2D eigenvalue weighted by Gasteiger charge is 2.43. The number of aromatic nitrogens is 2. The fourth-order valence-corrected chi connectivity index (χ4v) is 9.87. The summed E-state index contributed by atoms with van der Waals surface area (Å²) in [5.41, 5.74) is 13.3. The summed E-state index contributed by atoms with van der Waals surface area (Å²) in [6.07, 6.45) is 4.93. The molecule has 6 N–H and O–H groups in total. The fraction of sp³-hybridized carbons (Fsp3) is 0.535. The first-order valence-electron chi connectivity index (χ1n) is 21.7. The van der Waals surface area contributed by atoms with Gasteiger partial charge in [-0.1, -0.05) is 24.3 Å². The molecule has 0 spiro atoms. The Labute approximate surface area is 356 Å². The Morgan fingerprint density at radius 1 is 0.869 bits per heavy atom. The number of nitrogens with one attached hydrogen (secondary N) is 3. The molecule has 0 aliphatic carbocycles. The average molecular weight is 836 g/mol. The first-order chi connectivity index (χ1) is 29.5. The van der Waals surface area contributed by atoms with E-state index < -0.39 is 18.2 Å². The van der Waals surface area contributed by atoms with Crippen LogP contribution in [-0.4, -0.2) is 155 Å². The molecule has 324 valence electrons. The number of aliphatic hydroxyl groups excluding tert-OH is 1. The summed E-state index contributed by atoms with van der Waals surface area (Å²) in [4.78, 5) is 71.5. The van der Waals surface area contributed by atoms with Crippen LogP contribution in [0.3, 0.4) is 0 Å². The molecule has 6 saturated heterocycles. The van der Waals surface area contributed by atoms with Crippen molar-refractivity contribution in [3.8, 4) is 0 Å². The van der Waals surface area contributed by atoms with Crippen LogP contribution < -0.4 is 31.6 Å². The van der Waals surface area contributed by atoms with Gasteiger partial charge in [-0.15, -0.1) is 0 Å². The van der Waals surface area contributed by atoms with E-state index in [9.17, 15) is 24.3 Å². The van der Waals surface area contributed by atoms with Gasteiger partial charge in [0.05, 0.1) is 18.3 Å². The minimum absolute atomic E-state index is 0.0685. The number of nitrogens with two attached hydrogens (primary N) is 1. The summed E-state index contributed by atoms with van der Waals surface area (Å²) in [5.74, 6) is 1.23. The van der Waals surface area contributed by atoms with Gasteiger partial charge in [0, 0.05) is 96.7 Å². The van der Waals surface area contributed by atoms with E-state index in [1.807, 2.05) is 24.1 Å². The van der Waals surface area contributed by atoms with Gasteiger partial charge in [0.25, 0.3) is 5.91 Å². The number of anilines is 4. The molecule has 61 heavy (non-hydrogen) atoms. The Morgan fingerprint density at radius 3 is 2.30 bits per heavy atom. The van der Waals surface area contributed by atoms with Crippen LogP contribution in [0.25, 0.3) is 0 Å². The molecule has 18 heteroatoms. The molecule has 0 radical (unpaired) electrons. The topological polar surface area (TPSA) is 199 Å². The first-order valence-corrected chi connectivity index (χ1v) is 21.7. The number of hydrogen-bond donors (Lipinski definition) is 5. The Balaban J connectivity index is 0.734. The lowest BCUT2D eigenvalue weighted by molar-refractivity contribution is -0.129. The number of amides is 6. The minimum atomic E-state index is -1.11. The van der Waals surface area contributed by atoms with Crippen LogP contribution in [-0.2, 0) is 4.79 Å². The molecule has 7 heterocycles. The smallest absolute Gasteiger partial charge is 0.336 e. The van der Waals surface area contributed by atoms with Gasteiger partial charge in [0.15, 0.2) is 11.5 Å². The zero-order chi connectivity index (χ0) is 42.4. The number of carbonyl (C=O) groups excluding carboxylic acids is 4. The maximum Gasteiger partial charge on any atom is 0.336 e. The summed E-state index contributed by atoms with van der Waals surface area (Å²) < 4.78 is 0. The van der Waals surface area contributed by atoms with Crippen LogP contribution in [0.4, 0.5) is 32.6 Å². The molecule has 18 nitrogen and oxygen atoms in total. The number of primary amides is 1. The number of likely N-dealkylation sites (N-methyl/N-ethyl adjacent to an activating group) is 1. The zero-order valence-corrected chi connectivity index (χ0v) is 34.9. The summed E-state index contributed by atoms with van der Waals surface area (Å²) in [5, 5.41) is 17.7. The number of rotatable bonds is 11. The molecule has 6 aliphatic rings. The third kappa shape index (κ3) is 8.35. The number of nitrogens with zero attached hydrogens (tertiary/aromatic N) is 9. The van der Waals surface area contributed by atoms with Gasteiger partial charge in [-0.05, 0) is 73.4 Å². The van der Waals surface area contributed by atoms with Gasteiger partial charge in [0.1, 0.15) is 18.2 Å². The third-order valence-corrected chi connectivity index (χ3v) is 13.5. The molecule has 6 fully saturated rings. The van der Waals surface area contributed by atoms with Crippen molar-refractivity contribution in [1.29, 1.82) is 0 Å². The van der Waals surface area contributed by atoms with Gasteiger partial charge in [-0.25, -0.2) is 30.0 Å². The monoisotopic (exact) mass is 835 g/mol. The normalized spacial score (nSPS) is 25.7. The SMILES string of the molecule is CN1CCN([C@@H]2CCCN(c3cnc(C(N)=O)c(Nc4ccc(C5CN(CC6CCN(c7ccc(C8NN(C9CCC(=O)NC9O)C(=O)N8C)cc7)CC6)C5)cc4)n3)C2)C1=O. The van der Waals surface area contributed by atoms with Crippen molar-refractivity contribution in [1.82, 2.24) is 45.3 Å². The lowest BCUT2D eigenvalue weighted by Gasteiger charge is -2.43. The number of likely N-dealkylation sites (tertiary alicyclic amines) is 1. The lowest BCUT2D eigenvalue weighted by atomic mass is 9.88. The summed E-state index contributed by atoms with van der Waals surface area (Å²) >= 11 is 0. The minimum Gasteiger partial charge on any atom is -0.372 e. The first kappa shape index (κ1) is 40.7.